The van der Waals surface area contributed by atoms with E-state index >= 15 is 0 Å². The molecule has 2 saturated heterocycles. The average Bonchev–Trinajstić information content (AvgIpc) is 2.77. The Balaban J connectivity index is 1.23. The van der Waals surface area contributed by atoms with Gasteiger partial charge in [0.15, 0.2) is 0 Å². The molecule has 0 bridgehead atoms. The van der Waals surface area contributed by atoms with E-state index in [-0.39, 0.29) is 0 Å². The second kappa shape index (κ2) is 9.32. The summed E-state index contributed by atoms with van der Waals surface area (Å²) >= 11 is 0. The molecule has 0 spiro atoms. The normalized spacial score (nSPS) is 19.0. The van der Waals surface area contributed by atoms with E-state index in [0.717, 1.165) is 77.3 Å². The third-order valence-corrected chi connectivity index (χ3v) is 5.42. The molecule has 7 heteroatoms. The Morgan fingerprint density at radius 2 is 1.39 bits per heavy atom. The van der Waals surface area contributed by atoms with Crippen LogP contribution in [0.15, 0.2) is 36.7 Å². The summed E-state index contributed by atoms with van der Waals surface area (Å²) in [4.78, 5) is 16.3. The standard InChI is InChI=1S/C21H29N5O2/c1-27-20-4-2-18(3-5-20)16-24-6-8-25(9-7-24)17-19-14-22-21(23-15-19)26-10-12-28-13-11-26/h2-5,14-15H,6-13,16-17H2,1H3. The van der Waals surface area contributed by atoms with Crippen molar-refractivity contribution in [1.82, 2.24) is 19.8 Å². The Bertz CT molecular complexity index is 723. The molecule has 2 aromatic rings. The maximum Gasteiger partial charge on any atom is 0.225 e. The number of ether oxygens (including phenoxy) is 2. The Kier molecular flexibility index (Phi) is 6.36. The maximum absolute atomic E-state index is 5.39. The summed E-state index contributed by atoms with van der Waals surface area (Å²) in [6, 6.07) is 8.37. The zero-order valence-electron chi connectivity index (χ0n) is 16.6. The Labute approximate surface area is 166 Å². The van der Waals surface area contributed by atoms with Crippen LogP contribution in [-0.4, -0.2) is 79.4 Å². The third kappa shape index (κ3) is 4.98. The number of methoxy groups -OCH3 is 1. The highest BCUT2D eigenvalue weighted by Crippen LogP contribution is 2.15. The Morgan fingerprint density at radius 3 is 1.96 bits per heavy atom. The van der Waals surface area contributed by atoms with Crippen molar-refractivity contribution in [3.63, 3.8) is 0 Å². The maximum atomic E-state index is 5.39. The van der Waals surface area contributed by atoms with Crippen LogP contribution in [-0.2, 0) is 17.8 Å². The van der Waals surface area contributed by atoms with Gasteiger partial charge in [0.1, 0.15) is 5.75 Å². The summed E-state index contributed by atoms with van der Waals surface area (Å²) in [6.07, 6.45) is 3.95. The number of morpholine rings is 1. The fourth-order valence-corrected chi connectivity index (χ4v) is 3.71. The summed E-state index contributed by atoms with van der Waals surface area (Å²) in [7, 11) is 1.70. The van der Waals surface area contributed by atoms with Crippen molar-refractivity contribution in [2.75, 3.05) is 64.5 Å². The molecule has 1 aromatic carbocycles. The smallest absolute Gasteiger partial charge is 0.225 e. The van der Waals surface area contributed by atoms with Gasteiger partial charge in [0.25, 0.3) is 0 Å². The second-order valence-electron chi connectivity index (χ2n) is 7.39. The van der Waals surface area contributed by atoms with E-state index in [1.54, 1.807) is 7.11 Å². The number of piperazine rings is 1. The first-order valence-electron chi connectivity index (χ1n) is 10.0. The monoisotopic (exact) mass is 383 g/mol. The van der Waals surface area contributed by atoms with Crippen molar-refractivity contribution in [3.8, 4) is 5.75 Å². The molecule has 3 heterocycles. The molecule has 4 rings (SSSR count). The molecule has 0 amide bonds. The Hall–Kier alpha value is -2.22. The molecule has 0 saturated carbocycles. The van der Waals surface area contributed by atoms with Gasteiger partial charge in [0.05, 0.1) is 20.3 Å². The average molecular weight is 383 g/mol. The molecule has 0 radical (unpaired) electrons. The predicted molar refractivity (Wildman–Crippen MR) is 109 cm³/mol. The van der Waals surface area contributed by atoms with Crippen LogP contribution in [0.4, 0.5) is 5.95 Å². The topological polar surface area (TPSA) is 54.0 Å². The zero-order valence-corrected chi connectivity index (χ0v) is 16.6. The number of hydrogen-bond acceptors (Lipinski definition) is 7. The second-order valence-corrected chi connectivity index (χ2v) is 7.39. The minimum atomic E-state index is 0.756. The fraction of sp³-hybridized carbons (Fsp3) is 0.524. The molecule has 28 heavy (non-hydrogen) atoms. The van der Waals surface area contributed by atoms with Gasteiger partial charge in [-0.05, 0) is 17.7 Å². The quantitative estimate of drug-likeness (QED) is 0.752. The fourth-order valence-electron chi connectivity index (χ4n) is 3.71. The first-order chi connectivity index (χ1) is 13.8. The molecule has 0 N–H and O–H groups in total. The largest absolute Gasteiger partial charge is 0.497 e. The lowest BCUT2D eigenvalue weighted by Gasteiger charge is -2.34. The minimum absolute atomic E-state index is 0.756. The van der Waals surface area contributed by atoms with Gasteiger partial charge in [-0.25, -0.2) is 9.97 Å². The molecule has 2 fully saturated rings. The van der Waals surface area contributed by atoms with Gasteiger partial charge in [-0.3, -0.25) is 9.80 Å². The molecular formula is C21H29N5O2. The first-order valence-corrected chi connectivity index (χ1v) is 10.0. The highest BCUT2D eigenvalue weighted by molar-refractivity contribution is 5.30. The minimum Gasteiger partial charge on any atom is -0.497 e. The molecular weight excluding hydrogens is 354 g/mol. The number of nitrogens with zero attached hydrogens (tertiary/aromatic N) is 5. The van der Waals surface area contributed by atoms with Gasteiger partial charge in [-0.15, -0.1) is 0 Å². The summed E-state index contributed by atoms with van der Waals surface area (Å²) in [5.41, 5.74) is 2.52. The molecule has 2 aliphatic rings. The van der Waals surface area contributed by atoms with Gasteiger partial charge < -0.3 is 14.4 Å². The van der Waals surface area contributed by atoms with Crippen molar-refractivity contribution in [2.45, 2.75) is 13.1 Å². The third-order valence-electron chi connectivity index (χ3n) is 5.42. The van der Waals surface area contributed by atoms with E-state index in [1.807, 2.05) is 24.5 Å². The highest BCUT2D eigenvalue weighted by Gasteiger charge is 2.18. The molecule has 0 unspecified atom stereocenters. The van der Waals surface area contributed by atoms with E-state index in [9.17, 15) is 0 Å². The van der Waals surface area contributed by atoms with E-state index < -0.39 is 0 Å². The van der Waals surface area contributed by atoms with Crippen LogP contribution in [0.3, 0.4) is 0 Å². The van der Waals surface area contributed by atoms with E-state index in [0.29, 0.717) is 0 Å². The lowest BCUT2D eigenvalue weighted by Crippen LogP contribution is -2.45. The highest BCUT2D eigenvalue weighted by atomic mass is 16.5. The van der Waals surface area contributed by atoms with Crippen LogP contribution >= 0.6 is 0 Å². The molecule has 0 atom stereocenters. The van der Waals surface area contributed by atoms with Gasteiger partial charge in [-0.2, -0.15) is 0 Å². The van der Waals surface area contributed by atoms with Gasteiger partial charge in [-0.1, -0.05) is 12.1 Å². The lowest BCUT2D eigenvalue weighted by atomic mass is 10.2. The SMILES string of the molecule is COc1ccc(CN2CCN(Cc3cnc(N4CCOCC4)nc3)CC2)cc1. The van der Waals surface area contributed by atoms with Crippen LogP contribution in [0, 0.1) is 0 Å². The summed E-state index contributed by atoms with van der Waals surface area (Å²) in [6.45, 7) is 9.47. The molecule has 0 aliphatic carbocycles. The van der Waals surface area contributed by atoms with Gasteiger partial charge >= 0.3 is 0 Å². The van der Waals surface area contributed by atoms with E-state index in [4.69, 9.17) is 9.47 Å². The number of hydrogen-bond donors (Lipinski definition) is 0. The van der Waals surface area contributed by atoms with Crippen molar-refractivity contribution < 1.29 is 9.47 Å². The van der Waals surface area contributed by atoms with Crippen LogP contribution in [0.1, 0.15) is 11.1 Å². The van der Waals surface area contributed by atoms with Crippen LogP contribution < -0.4 is 9.64 Å². The molecule has 2 aliphatic heterocycles. The zero-order chi connectivity index (χ0) is 19.2. The van der Waals surface area contributed by atoms with Crippen molar-refractivity contribution in [2.24, 2.45) is 0 Å². The Morgan fingerprint density at radius 1 is 0.821 bits per heavy atom. The van der Waals surface area contributed by atoms with E-state index in [2.05, 4.69) is 36.8 Å². The number of anilines is 1. The number of aromatic nitrogens is 2. The van der Waals surface area contributed by atoms with Crippen molar-refractivity contribution in [1.29, 1.82) is 0 Å². The molecule has 7 nitrogen and oxygen atoms in total. The van der Waals surface area contributed by atoms with Crippen LogP contribution in [0.5, 0.6) is 5.75 Å². The van der Waals surface area contributed by atoms with Crippen molar-refractivity contribution in [3.05, 3.63) is 47.8 Å². The predicted octanol–water partition coefficient (Wildman–Crippen LogP) is 1.64. The molecule has 150 valence electrons. The summed E-state index contributed by atoms with van der Waals surface area (Å²) < 4.78 is 10.6. The molecule has 1 aromatic heterocycles. The summed E-state index contributed by atoms with van der Waals surface area (Å²) in [5.74, 6) is 1.73. The van der Waals surface area contributed by atoms with Crippen LogP contribution in [0.25, 0.3) is 0 Å². The number of benzene rings is 1. The van der Waals surface area contributed by atoms with Crippen molar-refractivity contribution >= 4 is 5.95 Å². The summed E-state index contributed by atoms with van der Waals surface area (Å²) in [5, 5.41) is 0. The first kappa shape index (κ1) is 19.1. The lowest BCUT2D eigenvalue weighted by molar-refractivity contribution is 0.121. The van der Waals surface area contributed by atoms with Gasteiger partial charge in [0, 0.05) is 70.3 Å². The number of rotatable bonds is 6. The van der Waals surface area contributed by atoms with Crippen LogP contribution in [0.2, 0.25) is 0 Å². The van der Waals surface area contributed by atoms with E-state index in [1.165, 1.54) is 11.1 Å². The van der Waals surface area contributed by atoms with Gasteiger partial charge in [0.2, 0.25) is 5.95 Å².